The number of hydrogen-bond donors (Lipinski definition) is 1. The number of allylic oxidation sites excluding steroid dienone is 1. The summed E-state index contributed by atoms with van der Waals surface area (Å²) in [5.74, 6) is -0.563. The highest BCUT2D eigenvalue weighted by atomic mass is 32.2. The number of rotatable bonds is 2. The van der Waals surface area contributed by atoms with Crippen molar-refractivity contribution in [2.24, 2.45) is 5.92 Å². The summed E-state index contributed by atoms with van der Waals surface area (Å²) in [4.78, 5) is 11.9. The Balaban J connectivity index is 2.17. The van der Waals surface area contributed by atoms with Crippen molar-refractivity contribution < 1.29 is 35.7 Å². The zero-order valence-electron chi connectivity index (χ0n) is 9.42. The van der Waals surface area contributed by atoms with Crippen molar-refractivity contribution in [1.82, 2.24) is 4.90 Å². The van der Waals surface area contributed by atoms with E-state index in [1.807, 2.05) is 0 Å². The minimum absolute atomic E-state index is 0.0183. The van der Waals surface area contributed by atoms with Gasteiger partial charge in [-0.3, -0.25) is 0 Å². The van der Waals surface area contributed by atoms with Gasteiger partial charge in [0.1, 0.15) is 5.76 Å². The van der Waals surface area contributed by atoms with Crippen molar-refractivity contribution in [3.63, 3.8) is 0 Å². The SMILES string of the molecule is O=C(O)N1CC2CC(OS(=O)(=O)C(F)(F)F)=CC1C2. The van der Waals surface area contributed by atoms with Crippen molar-refractivity contribution in [3.8, 4) is 0 Å². The first kappa shape index (κ1) is 14.0. The zero-order chi connectivity index (χ0) is 14.4. The summed E-state index contributed by atoms with van der Waals surface area (Å²) in [6.45, 7) is 0.162. The van der Waals surface area contributed by atoms with Crippen molar-refractivity contribution in [2.75, 3.05) is 6.54 Å². The average molecular weight is 301 g/mol. The van der Waals surface area contributed by atoms with Crippen LogP contribution < -0.4 is 0 Å². The van der Waals surface area contributed by atoms with E-state index in [9.17, 15) is 26.4 Å². The molecule has 0 aromatic heterocycles. The van der Waals surface area contributed by atoms with E-state index in [-0.39, 0.29) is 24.6 Å². The van der Waals surface area contributed by atoms with E-state index >= 15 is 0 Å². The first-order valence-corrected chi connectivity index (χ1v) is 6.72. The second kappa shape index (κ2) is 4.29. The molecule has 0 spiro atoms. The molecule has 1 aliphatic heterocycles. The van der Waals surface area contributed by atoms with E-state index in [1.54, 1.807) is 0 Å². The third kappa shape index (κ3) is 2.62. The maximum atomic E-state index is 12.2. The molecule has 2 rings (SSSR count). The molecule has 1 N–H and O–H groups in total. The molecule has 19 heavy (non-hydrogen) atoms. The first-order chi connectivity index (χ1) is 8.60. The van der Waals surface area contributed by atoms with Gasteiger partial charge in [-0.1, -0.05) is 0 Å². The molecule has 6 nitrogen and oxygen atoms in total. The van der Waals surface area contributed by atoms with Crippen molar-refractivity contribution in [3.05, 3.63) is 11.8 Å². The fourth-order valence-corrected chi connectivity index (χ4v) is 2.80. The number of carboxylic acid groups (broad SMARTS) is 1. The molecule has 0 aromatic carbocycles. The quantitative estimate of drug-likeness (QED) is 0.617. The Labute approximate surface area is 106 Å². The average Bonchev–Trinajstić information content (AvgIpc) is 2.51. The van der Waals surface area contributed by atoms with E-state index in [4.69, 9.17) is 5.11 Å². The van der Waals surface area contributed by atoms with E-state index in [0.29, 0.717) is 6.42 Å². The molecule has 2 aliphatic rings. The van der Waals surface area contributed by atoms with Crippen LogP contribution in [0.3, 0.4) is 0 Å². The Morgan fingerprint density at radius 2 is 2.11 bits per heavy atom. The van der Waals surface area contributed by atoms with Gasteiger partial charge >= 0.3 is 21.7 Å². The molecule has 1 aliphatic carbocycles. The van der Waals surface area contributed by atoms with Crippen LogP contribution in [0.4, 0.5) is 18.0 Å². The number of likely N-dealkylation sites (tertiary alicyclic amines) is 1. The van der Waals surface area contributed by atoms with Crippen LogP contribution >= 0.6 is 0 Å². The summed E-state index contributed by atoms with van der Waals surface area (Å²) < 4.78 is 62.2. The van der Waals surface area contributed by atoms with Gasteiger partial charge in [-0.25, -0.2) is 4.79 Å². The number of alkyl halides is 3. The molecular weight excluding hydrogens is 291 g/mol. The number of nitrogens with zero attached hydrogens (tertiary/aromatic N) is 1. The lowest BCUT2D eigenvalue weighted by Crippen LogP contribution is -2.33. The van der Waals surface area contributed by atoms with E-state index in [2.05, 4.69) is 4.18 Å². The lowest BCUT2D eigenvalue weighted by Gasteiger charge is -2.20. The maximum Gasteiger partial charge on any atom is 0.534 e. The van der Waals surface area contributed by atoms with Crippen molar-refractivity contribution >= 4 is 16.2 Å². The van der Waals surface area contributed by atoms with Gasteiger partial charge in [-0.05, 0) is 18.4 Å². The standard InChI is InChI=1S/C9H10F3NO5S/c10-9(11,12)19(16,17)18-7-2-5-1-6(3-7)13(4-5)8(14)15/h3,5-6H,1-2,4H2,(H,14,15). The molecule has 2 atom stereocenters. The van der Waals surface area contributed by atoms with Gasteiger partial charge in [0, 0.05) is 13.0 Å². The summed E-state index contributed by atoms with van der Waals surface area (Å²) in [5.41, 5.74) is -5.49. The Kier molecular flexibility index (Phi) is 3.15. The van der Waals surface area contributed by atoms with Crippen LogP contribution in [-0.4, -0.2) is 42.6 Å². The lowest BCUT2D eigenvalue weighted by molar-refractivity contribution is -0.0525. The van der Waals surface area contributed by atoms with Gasteiger partial charge < -0.3 is 14.2 Å². The Morgan fingerprint density at radius 1 is 1.47 bits per heavy atom. The molecule has 1 saturated heterocycles. The van der Waals surface area contributed by atoms with E-state index < -0.39 is 27.8 Å². The highest BCUT2D eigenvalue weighted by molar-refractivity contribution is 7.87. The zero-order valence-corrected chi connectivity index (χ0v) is 10.2. The monoisotopic (exact) mass is 301 g/mol. The molecular formula is C9H10F3NO5S. The van der Waals surface area contributed by atoms with Crippen LogP contribution in [-0.2, 0) is 14.3 Å². The van der Waals surface area contributed by atoms with Gasteiger partial charge in [0.25, 0.3) is 0 Å². The van der Waals surface area contributed by atoms with Crippen LogP contribution in [0.5, 0.6) is 0 Å². The summed E-state index contributed by atoms with van der Waals surface area (Å²) in [6.07, 6.45) is 0.380. The fraction of sp³-hybridized carbons (Fsp3) is 0.667. The summed E-state index contributed by atoms with van der Waals surface area (Å²) in [6, 6.07) is -0.630. The third-order valence-corrected chi connectivity index (χ3v) is 4.04. The number of halogens is 3. The molecule has 0 saturated carbocycles. The van der Waals surface area contributed by atoms with E-state index in [1.165, 1.54) is 0 Å². The second-order valence-corrected chi connectivity index (χ2v) is 5.96. The smallest absolute Gasteiger partial charge is 0.465 e. The van der Waals surface area contributed by atoms with Gasteiger partial charge in [0.15, 0.2) is 0 Å². The Hall–Kier alpha value is -1.45. The molecule has 1 amide bonds. The minimum atomic E-state index is -5.69. The Bertz CT molecular complexity index is 526. The van der Waals surface area contributed by atoms with Gasteiger partial charge in [0.05, 0.1) is 6.04 Å². The third-order valence-electron chi connectivity index (χ3n) is 3.04. The normalized spacial score (nSPS) is 27.1. The molecule has 1 heterocycles. The molecule has 2 unspecified atom stereocenters. The highest BCUT2D eigenvalue weighted by Crippen LogP contribution is 2.37. The van der Waals surface area contributed by atoms with Crippen molar-refractivity contribution in [1.29, 1.82) is 0 Å². The molecule has 2 bridgehead atoms. The van der Waals surface area contributed by atoms with Crippen LogP contribution in [0.2, 0.25) is 0 Å². The molecule has 108 valence electrons. The summed E-state index contributed by atoms with van der Waals surface area (Å²) >= 11 is 0. The number of carbonyl (C=O) groups is 1. The summed E-state index contributed by atoms with van der Waals surface area (Å²) in [5, 5.41) is 8.87. The summed E-state index contributed by atoms with van der Waals surface area (Å²) in [7, 11) is -5.69. The van der Waals surface area contributed by atoms with Crippen LogP contribution in [0.1, 0.15) is 12.8 Å². The van der Waals surface area contributed by atoms with Crippen molar-refractivity contribution in [2.45, 2.75) is 24.4 Å². The number of fused-ring (bicyclic) bond motifs is 2. The first-order valence-electron chi connectivity index (χ1n) is 5.31. The second-order valence-electron chi connectivity index (χ2n) is 4.42. The predicted octanol–water partition coefficient (Wildman–Crippen LogP) is 1.51. The fourth-order valence-electron chi connectivity index (χ4n) is 2.30. The molecule has 0 aromatic rings. The number of hydrogen-bond acceptors (Lipinski definition) is 4. The van der Waals surface area contributed by atoms with Crippen LogP contribution in [0.25, 0.3) is 0 Å². The maximum absolute atomic E-state index is 12.2. The molecule has 0 radical (unpaired) electrons. The lowest BCUT2D eigenvalue weighted by atomic mass is 9.95. The van der Waals surface area contributed by atoms with Gasteiger partial charge in [0.2, 0.25) is 0 Å². The predicted molar refractivity (Wildman–Crippen MR) is 55.4 cm³/mol. The molecule has 1 fully saturated rings. The molecule has 10 heteroatoms. The topological polar surface area (TPSA) is 83.9 Å². The highest BCUT2D eigenvalue weighted by Gasteiger charge is 2.50. The van der Waals surface area contributed by atoms with Gasteiger partial charge in [-0.2, -0.15) is 21.6 Å². The minimum Gasteiger partial charge on any atom is -0.465 e. The van der Waals surface area contributed by atoms with Gasteiger partial charge in [-0.15, -0.1) is 0 Å². The van der Waals surface area contributed by atoms with Crippen LogP contribution in [0, 0.1) is 5.92 Å². The Morgan fingerprint density at radius 3 is 2.63 bits per heavy atom. The number of amides is 1. The van der Waals surface area contributed by atoms with Crippen LogP contribution in [0.15, 0.2) is 11.8 Å². The van der Waals surface area contributed by atoms with E-state index in [0.717, 1.165) is 11.0 Å². The largest absolute Gasteiger partial charge is 0.534 e.